The molecule has 0 saturated carbocycles. The normalized spacial score (nSPS) is 11.1. The number of thiazole rings is 1. The Morgan fingerprint density at radius 3 is 2.48 bits per heavy atom. The Balaban J connectivity index is 1.82. The average molecular weight is 409 g/mol. The highest BCUT2D eigenvalue weighted by molar-refractivity contribution is 7.14. The lowest BCUT2D eigenvalue weighted by Gasteiger charge is -2.08. The summed E-state index contributed by atoms with van der Waals surface area (Å²) < 4.78 is 66.9. The molecule has 0 aliphatic rings. The van der Waals surface area contributed by atoms with Gasteiger partial charge >= 0.3 is 12.3 Å². The predicted molar refractivity (Wildman–Crippen MR) is 86.1 cm³/mol. The molecule has 2 amide bonds. The van der Waals surface area contributed by atoms with E-state index in [1.807, 2.05) is 5.32 Å². The number of carbonyl (C=O) groups is 2. The Morgan fingerprint density at radius 2 is 1.85 bits per heavy atom. The number of benzene rings is 1. The van der Waals surface area contributed by atoms with E-state index in [2.05, 4.69) is 15.0 Å². The summed E-state index contributed by atoms with van der Waals surface area (Å²) in [6.45, 7) is -2.01. The Hall–Kier alpha value is -2.76. The third-order valence-electron chi connectivity index (χ3n) is 2.96. The van der Waals surface area contributed by atoms with Crippen LogP contribution in [-0.4, -0.2) is 36.3 Å². The van der Waals surface area contributed by atoms with Crippen LogP contribution in [0.5, 0.6) is 0 Å². The molecule has 146 valence electrons. The molecule has 27 heavy (non-hydrogen) atoms. The molecule has 2 N–H and O–H groups in total. The number of anilines is 1. The highest BCUT2D eigenvalue weighted by atomic mass is 32.1. The molecule has 0 aliphatic carbocycles. The topological polar surface area (TPSA) is 80.3 Å². The minimum atomic E-state index is -4.64. The minimum absolute atomic E-state index is 0.000228. The minimum Gasteiger partial charge on any atom is -0.440 e. The number of amides is 2. The maximum Gasteiger partial charge on any atom is 0.422 e. The number of rotatable bonds is 6. The Morgan fingerprint density at radius 1 is 1.19 bits per heavy atom. The van der Waals surface area contributed by atoms with Gasteiger partial charge in [-0.25, -0.2) is 18.6 Å². The van der Waals surface area contributed by atoms with Crippen molar-refractivity contribution in [3.05, 3.63) is 35.2 Å². The number of hydrogen-bond acceptors (Lipinski definition) is 5. The molecule has 1 aromatic carbocycles. The van der Waals surface area contributed by atoms with Crippen molar-refractivity contribution in [2.75, 3.05) is 18.5 Å². The maximum absolute atomic E-state index is 13.7. The van der Waals surface area contributed by atoms with Gasteiger partial charge in [-0.15, -0.1) is 11.3 Å². The van der Waals surface area contributed by atoms with Crippen molar-refractivity contribution < 1.29 is 36.3 Å². The van der Waals surface area contributed by atoms with E-state index in [1.54, 1.807) is 0 Å². The predicted octanol–water partition coefficient (Wildman–Crippen LogP) is 3.71. The van der Waals surface area contributed by atoms with Gasteiger partial charge in [-0.05, 0) is 12.1 Å². The fourth-order valence-corrected chi connectivity index (χ4v) is 2.56. The van der Waals surface area contributed by atoms with E-state index in [0.717, 1.165) is 23.5 Å². The largest absolute Gasteiger partial charge is 0.440 e. The standard InChI is InChI=1S/C15H12F5N3O3S/c16-8-2-1-3-9(17)12(8)10-6-27-13(22-10)23-11(24)4-5-21-14(25)26-7-15(18,19)20/h1-3,6H,4-5,7H2,(H,21,25)(H,22,23,24). The number of hydrogen-bond donors (Lipinski definition) is 2. The fraction of sp³-hybridized carbons (Fsp3) is 0.267. The zero-order valence-corrected chi connectivity index (χ0v) is 14.2. The molecule has 0 fully saturated rings. The van der Waals surface area contributed by atoms with Crippen molar-refractivity contribution in [1.82, 2.24) is 10.3 Å². The average Bonchev–Trinajstić information content (AvgIpc) is 3.00. The van der Waals surface area contributed by atoms with Gasteiger partial charge in [-0.1, -0.05) is 6.07 Å². The van der Waals surface area contributed by atoms with E-state index < -0.39 is 36.4 Å². The van der Waals surface area contributed by atoms with Gasteiger partial charge < -0.3 is 15.4 Å². The molecule has 2 rings (SSSR count). The molecule has 1 heterocycles. The van der Waals surface area contributed by atoms with Crippen LogP contribution >= 0.6 is 11.3 Å². The fourth-order valence-electron chi connectivity index (χ4n) is 1.85. The van der Waals surface area contributed by atoms with Crippen molar-refractivity contribution >= 4 is 28.5 Å². The molecule has 0 spiro atoms. The Kier molecular flexibility index (Phi) is 6.66. The van der Waals surface area contributed by atoms with E-state index in [9.17, 15) is 31.5 Å². The summed E-state index contributed by atoms with van der Waals surface area (Å²) in [5.74, 6) is -2.22. The lowest BCUT2D eigenvalue weighted by Crippen LogP contribution is -2.31. The molecular formula is C15H12F5N3O3S. The number of nitrogens with one attached hydrogen (secondary N) is 2. The number of aromatic nitrogens is 1. The van der Waals surface area contributed by atoms with Crippen molar-refractivity contribution in [2.24, 2.45) is 0 Å². The first kappa shape index (κ1) is 20.6. The monoisotopic (exact) mass is 409 g/mol. The van der Waals surface area contributed by atoms with E-state index in [4.69, 9.17) is 0 Å². The highest BCUT2D eigenvalue weighted by Gasteiger charge is 2.29. The second kappa shape index (κ2) is 8.75. The van der Waals surface area contributed by atoms with Crippen molar-refractivity contribution in [3.63, 3.8) is 0 Å². The quantitative estimate of drug-likeness (QED) is 0.713. The second-order valence-corrected chi connectivity index (χ2v) is 5.91. The van der Waals surface area contributed by atoms with Crippen LogP contribution in [0.1, 0.15) is 6.42 Å². The van der Waals surface area contributed by atoms with Gasteiger partial charge in [0.25, 0.3) is 0 Å². The maximum atomic E-state index is 13.7. The van der Waals surface area contributed by atoms with E-state index in [1.165, 1.54) is 11.4 Å². The zero-order chi connectivity index (χ0) is 20.0. The van der Waals surface area contributed by atoms with Crippen LogP contribution in [-0.2, 0) is 9.53 Å². The van der Waals surface area contributed by atoms with E-state index >= 15 is 0 Å². The van der Waals surface area contributed by atoms with Gasteiger partial charge in [0, 0.05) is 18.3 Å². The number of halogens is 5. The van der Waals surface area contributed by atoms with Crippen LogP contribution in [0.2, 0.25) is 0 Å². The van der Waals surface area contributed by atoms with Crippen LogP contribution < -0.4 is 10.6 Å². The molecule has 0 bridgehead atoms. The third kappa shape index (κ3) is 6.47. The van der Waals surface area contributed by atoms with Crippen LogP contribution in [0.15, 0.2) is 23.6 Å². The van der Waals surface area contributed by atoms with E-state index in [0.29, 0.717) is 0 Å². The molecule has 1 aromatic heterocycles. The highest BCUT2D eigenvalue weighted by Crippen LogP contribution is 2.29. The van der Waals surface area contributed by atoms with Gasteiger partial charge in [0.1, 0.15) is 11.6 Å². The summed E-state index contributed by atoms with van der Waals surface area (Å²) in [6, 6.07) is 3.34. The summed E-state index contributed by atoms with van der Waals surface area (Å²) in [5, 5.41) is 5.75. The lowest BCUT2D eigenvalue weighted by atomic mass is 10.1. The summed E-state index contributed by atoms with van der Waals surface area (Å²) in [5.41, 5.74) is -0.330. The molecule has 0 radical (unpaired) electrons. The molecule has 6 nitrogen and oxygen atoms in total. The number of alkyl halides is 3. The van der Waals surface area contributed by atoms with Crippen LogP contribution in [0.25, 0.3) is 11.3 Å². The summed E-state index contributed by atoms with van der Waals surface area (Å²) in [4.78, 5) is 26.6. The zero-order valence-electron chi connectivity index (χ0n) is 13.4. The van der Waals surface area contributed by atoms with Gasteiger partial charge in [-0.3, -0.25) is 4.79 Å². The summed E-state index contributed by atoms with van der Waals surface area (Å²) >= 11 is 0.927. The van der Waals surface area contributed by atoms with Gasteiger partial charge in [0.2, 0.25) is 5.91 Å². The molecular weight excluding hydrogens is 397 g/mol. The van der Waals surface area contributed by atoms with Crippen LogP contribution in [0.3, 0.4) is 0 Å². The van der Waals surface area contributed by atoms with Crippen molar-refractivity contribution in [3.8, 4) is 11.3 Å². The number of nitrogens with zero attached hydrogens (tertiary/aromatic N) is 1. The number of alkyl carbamates (subject to hydrolysis) is 1. The van der Waals surface area contributed by atoms with Crippen molar-refractivity contribution in [1.29, 1.82) is 0 Å². The third-order valence-corrected chi connectivity index (χ3v) is 3.72. The van der Waals surface area contributed by atoms with Crippen molar-refractivity contribution in [2.45, 2.75) is 12.6 Å². The number of carbonyl (C=O) groups excluding carboxylic acids is 2. The Bertz CT molecular complexity index is 805. The summed E-state index contributed by atoms with van der Waals surface area (Å²) in [6.07, 6.45) is -6.23. The van der Waals surface area contributed by atoms with Crippen LogP contribution in [0, 0.1) is 11.6 Å². The van der Waals surface area contributed by atoms with E-state index in [-0.39, 0.29) is 29.4 Å². The van der Waals surface area contributed by atoms with Crippen LogP contribution in [0.4, 0.5) is 31.9 Å². The van der Waals surface area contributed by atoms with Gasteiger partial charge in [0.05, 0.1) is 11.3 Å². The molecule has 0 aliphatic heterocycles. The first-order chi connectivity index (χ1) is 12.7. The molecule has 12 heteroatoms. The second-order valence-electron chi connectivity index (χ2n) is 5.05. The first-order valence-corrected chi connectivity index (χ1v) is 8.21. The van der Waals surface area contributed by atoms with Gasteiger partial charge in [0.15, 0.2) is 11.7 Å². The first-order valence-electron chi connectivity index (χ1n) is 7.33. The molecule has 0 atom stereocenters. The molecule has 2 aromatic rings. The molecule has 0 unspecified atom stereocenters. The summed E-state index contributed by atoms with van der Waals surface area (Å²) in [7, 11) is 0. The SMILES string of the molecule is O=C(CCNC(=O)OCC(F)(F)F)Nc1nc(-c2c(F)cccc2F)cs1. The lowest BCUT2D eigenvalue weighted by molar-refractivity contribution is -0.160. The number of ether oxygens (including phenoxy) is 1. The molecule has 0 saturated heterocycles. The smallest absolute Gasteiger partial charge is 0.422 e. The van der Waals surface area contributed by atoms with Gasteiger partial charge in [-0.2, -0.15) is 13.2 Å². The Labute approximate surface area is 153 Å².